The van der Waals surface area contributed by atoms with Crippen LogP contribution in [0.25, 0.3) is 0 Å². The van der Waals surface area contributed by atoms with E-state index in [1.54, 1.807) is 0 Å². The second kappa shape index (κ2) is 6.52. The zero-order chi connectivity index (χ0) is 6.24. The third-order valence-electron chi connectivity index (χ3n) is 0.744. The van der Waals surface area contributed by atoms with E-state index in [-0.39, 0.29) is 0 Å². The largest absolute Gasteiger partial charge is 0.377 e. The maximum atomic E-state index is 7.00. The molecule has 0 aromatic heterocycles. The van der Waals surface area contributed by atoms with E-state index in [4.69, 9.17) is 19.4 Å². The lowest BCUT2D eigenvalue weighted by Crippen LogP contribution is -2.16. The Morgan fingerprint density at radius 1 is 0.750 bits per heavy atom. The van der Waals surface area contributed by atoms with Gasteiger partial charge in [0.2, 0.25) is 0 Å². The number of rotatable bonds is 0. The molecule has 0 spiro atoms. The summed E-state index contributed by atoms with van der Waals surface area (Å²) in [5.41, 5.74) is 0. The highest BCUT2D eigenvalue weighted by molar-refractivity contribution is 4.37. The van der Waals surface area contributed by atoms with E-state index in [1.165, 1.54) is 0 Å². The third-order valence-corrected chi connectivity index (χ3v) is 0.744. The Morgan fingerprint density at radius 2 is 1.00 bits per heavy atom. The van der Waals surface area contributed by atoms with Crippen LogP contribution >= 0.6 is 0 Å². The molecule has 4 nitrogen and oxygen atoms in total. The molecule has 0 N–H and O–H groups in total. The number of hydrogen-bond donors (Lipinski definition) is 0. The fourth-order valence-corrected chi connectivity index (χ4v) is 0.440. The molecule has 0 aromatic carbocycles. The summed E-state index contributed by atoms with van der Waals surface area (Å²) < 4.78 is 9.89. The molecule has 0 amide bonds. The van der Waals surface area contributed by atoms with E-state index in [9.17, 15) is 0 Å². The monoisotopic (exact) mass is 120 g/mol. The molecular weight excluding hydrogens is 112 g/mol. The molecular formula is C4H8O4. The van der Waals surface area contributed by atoms with Crippen molar-refractivity contribution < 1.29 is 9.47 Å². The van der Waals surface area contributed by atoms with Gasteiger partial charge in [0.15, 0.2) is 0 Å². The maximum absolute atomic E-state index is 7.00. The van der Waals surface area contributed by atoms with Gasteiger partial charge in [-0.05, 0) is 0 Å². The summed E-state index contributed by atoms with van der Waals surface area (Å²) in [4.78, 5) is 14.0. The van der Waals surface area contributed by atoms with Crippen LogP contribution in [0.5, 0.6) is 0 Å². The number of ether oxygens (including phenoxy) is 2. The smallest absolute Gasteiger partial charge is 0.0701 e. The van der Waals surface area contributed by atoms with Crippen LogP contribution in [0.3, 0.4) is 0 Å². The SMILES string of the molecule is C1COCCO1.O=O. The van der Waals surface area contributed by atoms with Gasteiger partial charge in [-0.25, -0.2) is 0 Å². The first-order chi connectivity index (χ1) is 4.00. The lowest BCUT2D eigenvalue weighted by Gasteiger charge is -2.09. The quantitative estimate of drug-likeness (QED) is 0.455. The first-order valence-corrected chi connectivity index (χ1v) is 2.32. The van der Waals surface area contributed by atoms with Crippen LogP contribution in [0.4, 0.5) is 0 Å². The van der Waals surface area contributed by atoms with Gasteiger partial charge in [-0.2, -0.15) is 0 Å². The average molecular weight is 120 g/mol. The molecule has 0 aliphatic carbocycles. The van der Waals surface area contributed by atoms with Gasteiger partial charge in [-0.15, -0.1) is 0 Å². The molecule has 0 saturated carbocycles. The first-order valence-electron chi connectivity index (χ1n) is 2.32. The first kappa shape index (κ1) is 7.52. The Hall–Kier alpha value is -0.480. The van der Waals surface area contributed by atoms with Crippen molar-refractivity contribution >= 4 is 0 Å². The van der Waals surface area contributed by atoms with E-state index in [1.807, 2.05) is 0 Å². The van der Waals surface area contributed by atoms with Gasteiger partial charge < -0.3 is 9.47 Å². The molecule has 0 bridgehead atoms. The summed E-state index contributed by atoms with van der Waals surface area (Å²) in [6.45, 7) is 3.11. The van der Waals surface area contributed by atoms with E-state index in [2.05, 4.69) is 0 Å². The second-order valence-corrected chi connectivity index (χ2v) is 1.22. The fourth-order valence-electron chi connectivity index (χ4n) is 0.440. The minimum absolute atomic E-state index is 0.778. The van der Waals surface area contributed by atoms with Crippen LogP contribution in [-0.4, -0.2) is 26.4 Å². The van der Waals surface area contributed by atoms with Crippen molar-refractivity contribution in [1.82, 2.24) is 0 Å². The van der Waals surface area contributed by atoms with Crippen LogP contribution in [0.15, 0.2) is 0 Å². The molecule has 0 radical (unpaired) electrons. The minimum Gasteiger partial charge on any atom is -0.377 e. The summed E-state index contributed by atoms with van der Waals surface area (Å²) in [5, 5.41) is 0. The molecule has 1 aliphatic heterocycles. The molecule has 1 rings (SSSR count). The predicted molar refractivity (Wildman–Crippen MR) is 28.4 cm³/mol. The van der Waals surface area contributed by atoms with Gasteiger partial charge in [0.25, 0.3) is 0 Å². The molecule has 8 heavy (non-hydrogen) atoms. The molecule has 0 atom stereocenters. The summed E-state index contributed by atoms with van der Waals surface area (Å²) in [6, 6.07) is 0. The van der Waals surface area contributed by atoms with Crippen molar-refractivity contribution in [2.24, 2.45) is 0 Å². The van der Waals surface area contributed by atoms with E-state index in [0.717, 1.165) is 26.4 Å². The average Bonchev–Trinajstić information content (AvgIpc) is 1.96. The zero-order valence-electron chi connectivity index (χ0n) is 4.46. The molecule has 1 fully saturated rings. The Kier molecular flexibility index (Phi) is 6.13. The summed E-state index contributed by atoms with van der Waals surface area (Å²) in [6.07, 6.45) is 0. The van der Waals surface area contributed by atoms with Gasteiger partial charge in [0.1, 0.15) is 0 Å². The molecule has 0 aromatic rings. The van der Waals surface area contributed by atoms with Gasteiger partial charge in [0.05, 0.1) is 26.4 Å². The Morgan fingerprint density at radius 3 is 1.12 bits per heavy atom. The lowest BCUT2D eigenvalue weighted by atomic mass is 10.6. The van der Waals surface area contributed by atoms with E-state index >= 15 is 0 Å². The van der Waals surface area contributed by atoms with Crippen LogP contribution in [0, 0.1) is 9.93 Å². The van der Waals surface area contributed by atoms with Crippen molar-refractivity contribution in [2.75, 3.05) is 26.4 Å². The maximum Gasteiger partial charge on any atom is 0.0701 e. The third kappa shape index (κ3) is 3.70. The van der Waals surface area contributed by atoms with Gasteiger partial charge in [0, 0.05) is 9.93 Å². The standard InChI is InChI=1S/C4H8O2.O2/c1-2-6-4-3-5-1;1-2/h1-4H2;. The fraction of sp³-hybridized carbons (Fsp3) is 1.00. The summed E-state index contributed by atoms with van der Waals surface area (Å²) in [7, 11) is 0. The normalized spacial score (nSPS) is 18.5. The molecule has 48 valence electrons. The Labute approximate surface area is 47.0 Å². The molecule has 1 saturated heterocycles. The highest BCUT2D eigenvalue weighted by Crippen LogP contribution is 1.85. The number of hydrogen-bond acceptors (Lipinski definition) is 4. The van der Waals surface area contributed by atoms with Crippen LogP contribution in [0.1, 0.15) is 0 Å². The van der Waals surface area contributed by atoms with Crippen molar-refractivity contribution in [3.8, 4) is 0 Å². The lowest BCUT2D eigenvalue weighted by molar-refractivity contribution is -0.0334. The molecule has 0 unspecified atom stereocenters. The topological polar surface area (TPSA) is 52.6 Å². The van der Waals surface area contributed by atoms with Gasteiger partial charge >= 0.3 is 0 Å². The van der Waals surface area contributed by atoms with Gasteiger partial charge in [-0.3, -0.25) is 0 Å². The van der Waals surface area contributed by atoms with Crippen LogP contribution in [-0.2, 0) is 9.47 Å². The highest BCUT2D eigenvalue weighted by Gasteiger charge is 1.94. The molecule has 4 heteroatoms. The Balaban J connectivity index is 0.000000222. The molecule has 1 aliphatic rings. The van der Waals surface area contributed by atoms with E-state index in [0.29, 0.717) is 0 Å². The van der Waals surface area contributed by atoms with Crippen molar-refractivity contribution in [3.05, 3.63) is 9.93 Å². The summed E-state index contributed by atoms with van der Waals surface area (Å²) in [5.74, 6) is 0. The van der Waals surface area contributed by atoms with Crippen LogP contribution < -0.4 is 0 Å². The second-order valence-electron chi connectivity index (χ2n) is 1.22. The van der Waals surface area contributed by atoms with E-state index < -0.39 is 0 Å². The van der Waals surface area contributed by atoms with Crippen molar-refractivity contribution in [3.63, 3.8) is 0 Å². The summed E-state index contributed by atoms with van der Waals surface area (Å²) >= 11 is 0. The van der Waals surface area contributed by atoms with Crippen molar-refractivity contribution in [2.45, 2.75) is 0 Å². The minimum atomic E-state index is 0.778. The Bertz CT molecular complexity index is 31.8. The highest BCUT2D eigenvalue weighted by atomic mass is 16.7. The van der Waals surface area contributed by atoms with Crippen LogP contribution in [0.2, 0.25) is 0 Å². The van der Waals surface area contributed by atoms with Crippen molar-refractivity contribution in [1.29, 1.82) is 0 Å². The zero-order valence-corrected chi connectivity index (χ0v) is 4.46. The van der Waals surface area contributed by atoms with Gasteiger partial charge in [-0.1, -0.05) is 0 Å². The molecule has 1 heterocycles. The predicted octanol–water partition coefficient (Wildman–Crippen LogP) is 0.100.